The van der Waals surface area contributed by atoms with E-state index in [0.29, 0.717) is 12.5 Å². The number of anilines is 2. The number of piperidine rings is 1. The first-order valence-corrected chi connectivity index (χ1v) is 9.85. The molecular weight excluding hydrogens is 338 g/mol. The zero-order valence-electron chi connectivity index (χ0n) is 16.2. The quantitative estimate of drug-likeness (QED) is 0.798. The third kappa shape index (κ3) is 5.42. The molecule has 3 rings (SSSR count). The number of nitrogens with one attached hydrogen (secondary N) is 2. The number of benzene rings is 1. The van der Waals surface area contributed by atoms with Crippen molar-refractivity contribution in [2.24, 2.45) is 5.92 Å². The Balaban J connectivity index is 1.73. The molecule has 0 bridgehead atoms. The van der Waals surface area contributed by atoms with Gasteiger partial charge in [-0.15, -0.1) is 0 Å². The van der Waals surface area contributed by atoms with Crippen LogP contribution < -0.4 is 15.5 Å². The number of amides is 2. The largest absolute Gasteiger partial charge is 0.355 e. The molecule has 1 aliphatic heterocycles. The second kappa shape index (κ2) is 9.35. The van der Waals surface area contributed by atoms with Gasteiger partial charge in [0.15, 0.2) is 5.82 Å². The molecule has 0 atom stereocenters. The third-order valence-corrected chi connectivity index (χ3v) is 4.74. The van der Waals surface area contributed by atoms with E-state index in [2.05, 4.69) is 39.3 Å². The van der Waals surface area contributed by atoms with Gasteiger partial charge in [0.1, 0.15) is 5.69 Å². The number of urea groups is 1. The number of hydrogen-bond acceptors (Lipinski definition) is 4. The molecule has 0 unspecified atom stereocenters. The topological polar surface area (TPSA) is 70.1 Å². The molecule has 1 aromatic carbocycles. The minimum atomic E-state index is -0.178. The molecule has 144 valence electrons. The maximum atomic E-state index is 12.1. The number of rotatable bonds is 6. The van der Waals surface area contributed by atoms with Crippen molar-refractivity contribution in [3.8, 4) is 11.3 Å². The lowest BCUT2D eigenvalue weighted by Gasteiger charge is -2.28. The standard InChI is InChI=1S/C21H29N5O/c1-16(2)9-10-24-21(27)25-18-8-6-7-17(15-18)19-20(23-12-11-22-19)26-13-4-3-5-14-26/h6-8,11-12,15-16H,3-5,9-10,13-14H2,1-2H3,(H2,24,25,27). The van der Waals surface area contributed by atoms with E-state index in [1.165, 1.54) is 19.3 Å². The molecule has 1 aliphatic rings. The molecule has 0 aliphatic carbocycles. The van der Waals surface area contributed by atoms with Crippen LogP contribution >= 0.6 is 0 Å². The molecule has 2 amide bonds. The van der Waals surface area contributed by atoms with Gasteiger partial charge in [0, 0.05) is 43.3 Å². The number of carbonyl (C=O) groups excluding carboxylic acids is 1. The molecule has 6 heteroatoms. The molecular formula is C21H29N5O. The lowest BCUT2D eigenvalue weighted by molar-refractivity contribution is 0.251. The van der Waals surface area contributed by atoms with Crippen LogP contribution in [0.2, 0.25) is 0 Å². The molecule has 0 spiro atoms. The lowest BCUT2D eigenvalue weighted by Crippen LogP contribution is -2.31. The Morgan fingerprint density at radius 2 is 1.93 bits per heavy atom. The van der Waals surface area contributed by atoms with Crippen molar-refractivity contribution in [2.75, 3.05) is 29.9 Å². The monoisotopic (exact) mass is 367 g/mol. The van der Waals surface area contributed by atoms with Crippen molar-refractivity contribution >= 4 is 17.5 Å². The van der Waals surface area contributed by atoms with E-state index in [9.17, 15) is 4.79 Å². The van der Waals surface area contributed by atoms with Gasteiger partial charge in [-0.25, -0.2) is 9.78 Å². The first-order chi connectivity index (χ1) is 13.1. The summed E-state index contributed by atoms with van der Waals surface area (Å²) >= 11 is 0. The van der Waals surface area contributed by atoms with Crippen LogP contribution in [0.25, 0.3) is 11.3 Å². The van der Waals surface area contributed by atoms with E-state index in [-0.39, 0.29) is 6.03 Å². The Morgan fingerprint density at radius 3 is 2.70 bits per heavy atom. The molecule has 2 N–H and O–H groups in total. The number of carbonyl (C=O) groups is 1. The predicted octanol–water partition coefficient (Wildman–Crippen LogP) is 4.30. The minimum Gasteiger partial charge on any atom is -0.355 e. The van der Waals surface area contributed by atoms with Crippen molar-refractivity contribution in [3.05, 3.63) is 36.7 Å². The van der Waals surface area contributed by atoms with Gasteiger partial charge in [-0.3, -0.25) is 4.98 Å². The zero-order chi connectivity index (χ0) is 19.1. The lowest BCUT2D eigenvalue weighted by atomic mass is 10.1. The van der Waals surface area contributed by atoms with Crippen LogP contribution in [0.3, 0.4) is 0 Å². The molecule has 0 radical (unpaired) electrons. The molecule has 1 fully saturated rings. The molecule has 2 heterocycles. The highest BCUT2D eigenvalue weighted by Crippen LogP contribution is 2.30. The van der Waals surface area contributed by atoms with Gasteiger partial charge in [0.2, 0.25) is 0 Å². The van der Waals surface area contributed by atoms with Crippen LogP contribution in [0.1, 0.15) is 39.5 Å². The van der Waals surface area contributed by atoms with Gasteiger partial charge in [-0.1, -0.05) is 26.0 Å². The van der Waals surface area contributed by atoms with Crippen LogP contribution in [0.15, 0.2) is 36.7 Å². The summed E-state index contributed by atoms with van der Waals surface area (Å²) in [5.41, 5.74) is 2.58. The van der Waals surface area contributed by atoms with E-state index in [4.69, 9.17) is 0 Å². The van der Waals surface area contributed by atoms with Crippen molar-refractivity contribution in [3.63, 3.8) is 0 Å². The molecule has 1 aromatic heterocycles. The highest BCUT2D eigenvalue weighted by molar-refractivity contribution is 5.90. The summed E-state index contributed by atoms with van der Waals surface area (Å²) in [5, 5.41) is 5.81. The maximum absolute atomic E-state index is 12.1. The van der Waals surface area contributed by atoms with Gasteiger partial charge >= 0.3 is 6.03 Å². The maximum Gasteiger partial charge on any atom is 0.319 e. The zero-order valence-corrected chi connectivity index (χ0v) is 16.2. The Bertz CT molecular complexity index is 756. The Morgan fingerprint density at radius 1 is 1.15 bits per heavy atom. The molecule has 2 aromatic rings. The summed E-state index contributed by atoms with van der Waals surface area (Å²) < 4.78 is 0. The second-order valence-electron chi connectivity index (χ2n) is 7.42. The normalized spacial score (nSPS) is 14.3. The Hall–Kier alpha value is -2.63. The van der Waals surface area contributed by atoms with Crippen LogP contribution in [-0.2, 0) is 0 Å². The van der Waals surface area contributed by atoms with Crippen LogP contribution in [-0.4, -0.2) is 35.6 Å². The van der Waals surface area contributed by atoms with Gasteiger partial charge in [0.05, 0.1) is 0 Å². The predicted molar refractivity (Wildman–Crippen MR) is 110 cm³/mol. The van der Waals surface area contributed by atoms with Crippen molar-refractivity contribution in [2.45, 2.75) is 39.5 Å². The van der Waals surface area contributed by atoms with E-state index in [1.54, 1.807) is 12.4 Å². The van der Waals surface area contributed by atoms with Crippen LogP contribution in [0.4, 0.5) is 16.3 Å². The van der Waals surface area contributed by atoms with E-state index in [1.807, 2.05) is 24.3 Å². The first-order valence-electron chi connectivity index (χ1n) is 9.85. The third-order valence-electron chi connectivity index (χ3n) is 4.74. The summed E-state index contributed by atoms with van der Waals surface area (Å²) in [4.78, 5) is 23.6. The van der Waals surface area contributed by atoms with E-state index >= 15 is 0 Å². The average Bonchev–Trinajstić information content (AvgIpc) is 2.68. The molecule has 0 saturated carbocycles. The number of nitrogens with zero attached hydrogens (tertiary/aromatic N) is 3. The fraction of sp³-hybridized carbons (Fsp3) is 0.476. The number of hydrogen-bond donors (Lipinski definition) is 2. The Labute approximate surface area is 161 Å². The fourth-order valence-electron chi connectivity index (χ4n) is 3.27. The van der Waals surface area contributed by atoms with E-state index in [0.717, 1.165) is 42.3 Å². The Kier molecular flexibility index (Phi) is 6.63. The highest BCUT2D eigenvalue weighted by atomic mass is 16.2. The van der Waals surface area contributed by atoms with E-state index < -0.39 is 0 Å². The average molecular weight is 367 g/mol. The fourth-order valence-corrected chi connectivity index (χ4v) is 3.27. The van der Waals surface area contributed by atoms with Gasteiger partial charge in [-0.05, 0) is 43.7 Å². The smallest absolute Gasteiger partial charge is 0.319 e. The summed E-state index contributed by atoms with van der Waals surface area (Å²) in [6.45, 7) is 6.99. The van der Waals surface area contributed by atoms with Crippen molar-refractivity contribution in [1.29, 1.82) is 0 Å². The van der Waals surface area contributed by atoms with Crippen molar-refractivity contribution in [1.82, 2.24) is 15.3 Å². The van der Waals surface area contributed by atoms with Gasteiger partial charge in [-0.2, -0.15) is 0 Å². The van der Waals surface area contributed by atoms with Crippen LogP contribution in [0.5, 0.6) is 0 Å². The molecule has 1 saturated heterocycles. The number of aromatic nitrogens is 2. The highest BCUT2D eigenvalue weighted by Gasteiger charge is 2.17. The summed E-state index contributed by atoms with van der Waals surface area (Å²) in [6.07, 6.45) is 8.09. The SMILES string of the molecule is CC(C)CCNC(=O)Nc1cccc(-c2nccnc2N2CCCCC2)c1. The van der Waals surface area contributed by atoms with Crippen LogP contribution in [0, 0.1) is 5.92 Å². The summed E-state index contributed by atoms with van der Waals surface area (Å²) in [5.74, 6) is 1.49. The van der Waals surface area contributed by atoms with Gasteiger partial charge in [0.25, 0.3) is 0 Å². The first kappa shape index (κ1) is 19.1. The minimum absolute atomic E-state index is 0.178. The van der Waals surface area contributed by atoms with Gasteiger partial charge < -0.3 is 15.5 Å². The second-order valence-corrected chi connectivity index (χ2v) is 7.42. The molecule has 6 nitrogen and oxygen atoms in total. The summed E-state index contributed by atoms with van der Waals surface area (Å²) in [6, 6.07) is 7.62. The summed E-state index contributed by atoms with van der Waals surface area (Å²) in [7, 11) is 0. The molecule has 27 heavy (non-hydrogen) atoms. The van der Waals surface area contributed by atoms with Crippen molar-refractivity contribution < 1.29 is 4.79 Å².